The van der Waals surface area contributed by atoms with Crippen molar-refractivity contribution in [3.8, 4) is 0 Å². The second-order valence-electron chi connectivity index (χ2n) is 4.36. The molecule has 5 heteroatoms. The minimum absolute atomic E-state index is 0.404. The van der Waals surface area contributed by atoms with E-state index in [0.717, 1.165) is 13.1 Å². The third kappa shape index (κ3) is 7.31. The molecule has 2 N–H and O–H groups in total. The predicted octanol–water partition coefficient (Wildman–Crippen LogP) is 0.796. The molecule has 0 bridgehead atoms. The van der Waals surface area contributed by atoms with Crippen molar-refractivity contribution in [3.63, 3.8) is 0 Å². The van der Waals surface area contributed by atoms with Crippen LogP contribution < -0.4 is 5.32 Å². The van der Waals surface area contributed by atoms with Crippen molar-refractivity contribution in [2.24, 2.45) is 0 Å². The molecular weight excluding hydrogens is 220 g/mol. The number of likely N-dealkylation sites (N-methyl/N-ethyl adjacent to an activating group) is 1. The van der Waals surface area contributed by atoms with E-state index in [-0.39, 0.29) is 0 Å². The summed E-state index contributed by atoms with van der Waals surface area (Å²) in [5.74, 6) is -0.776. The maximum absolute atomic E-state index is 11.0. The number of hydrogen-bond acceptors (Lipinski definition) is 4. The molecule has 0 fully saturated rings. The van der Waals surface area contributed by atoms with E-state index in [9.17, 15) is 4.79 Å². The van der Waals surface area contributed by atoms with Gasteiger partial charge in [0.1, 0.15) is 6.04 Å². The van der Waals surface area contributed by atoms with Crippen LogP contribution in [0.25, 0.3) is 0 Å². The number of methoxy groups -OCH3 is 1. The van der Waals surface area contributed by atoms with E-state index in [1.807, 2.05) is 6.92 Å². The SMILES string of the molecule is CCNC(CCN(CCOC)C(C)C)C(=O)O. The first-order chi connectivity index (χ1) is 8.02. The Morgan fingerprint density at radius 2 is 2.06 bits per heavy atom. The maximum Gasteiger partial charge on any atom is 0.320 e. The average molecular weight is 246 g/mol. The molecule has 102 valence electrons. The fourth-order valence-corrected chi connectivity index (χ4v) is 1.69. The fraction of sp³-hybridized carbons (Fsp3) is 0.917. The van der Waals surface area contributed by atoms with Crippen LogP contribution in [0.1, 0.15) is 27.2 Å². The topological polar surface area (TPSA) is 61.8 Å². The van der Waals surface area contributed by atoms with Crippen LogP contribution >= 0.6 is 0 Å². The number of carboxylic acid groups (broad SMARTS) is 1. The van der Waals surface area contributed by atoms with Gasteiger partial charge in [-0.2, -0.15) is 0 Å². The van der Waals surface area contributed by atoms with Gasteiger partial charge in [-0.25, -0.2) is 0 Å². The van der Waals surface area contributed by atoms with Gasteiger partial charge in [-0.3, -0.25) is 9.69 Å². The summed E-state index contributed by atoms with van der Waals surface area (Å²) in [4.78, 5) is 13.2. The van der Waals surface area contributed by atoms with Gasteiger partial charge >= 0.3 is 5.97 Å². The van der Waals surface area contributed by atoms with Crippen molar-refractivity contribution >= 4 is 5.97 Å². The molecule has 0 radical (unpaired) electrons. The number of carboxylic acids is 1. The number of nitrogens with zero attached hydrogens (tertiary/aromatic N) is 1. The van der Waals surface area contributed by atoms with Crippen LogP contribution in [0.4, 0.5) is 0 Å². The van der Waals surface area contributed by atoms with E-state index in [1.165, 1.54) is 0 Å². The molecule has 5 nitrogen and oxygen atoms in total. The summed E-state index contributed by atoms with van der Waals surface area (Å²) in [6.07, 6.45) is 0.616. The van der Waals surface area contributed by atoms with E-state index in [0.29, 0.717) is 25.6 Å². The second-order valence-corrected chi connectivity index (χ2v) is 4.36. The van der Waals surface area contributed by atoms with Crippen molar-refractivity contribution in [2.75, 3.05) is 33.4 Å². The van der Waals surface area contributed by atoms with Gasteiger partial charge in [0.15, 0.2) is 0 Å². The van der Waals surface area contributed by atoms with Crippen LogP contribution in [0.2, 0.25) is 0 Å². The van der Waals surface area contributed by atoms with E-state index in [4.69, 9.17) is 9.84 Å². The molecule has 0 aromatic carbocycles. The zero-order chi connectivity index (χ0) is 13.3. The number of hydrogen-bond donors (Lipinski definition) is 2. The lowest BCUT2D eigenvalue weighted by Crippen LogP contribution is -2.42. The minimum atomic E-state index is -0.776. The van der Waals surface area contributed by atoms with Crippen molar-refractivity contribution in [2.45, 2.75) is 39.3 Å². The summed E-state index contributed by atoms with van der Waals surface area (Å²) in [5, 5.41) is 12.0. The first kappa shape index (κ1) is 16.4. The number of rotatable bonds is 10. The van der Waals surface area contributed by atoms with E-state index in [2.05, 4.69) is 24.1 Å². The molecule has 0 saturated heterocycles. The van der Waals surface area contributed by atoms with Crippen LogP contribution in [0, 0.1) is 0 Å². The van der Waals surface area contributed by atoms with Gasteiger partial charge in [-0.1, -0.05) is 6.92 Å². The number of nitrogens with one attached hydrogen (secondary N) is 1. The first-order valence-electron chi connectivity index (χ1n) is 6.22. The molecule has 0 heterocycles. The smallest absolute Gasteiger partial charge is 0.320 e. The molecule has 0 aliphatic rings. The maximum atomic E-state index is 11.0. The lowest BCUT2D eigenvalue weighted by Gasteiger charge is -2.27. The highest BCUT2D eigenvalue weighted by Crippen LogP contribution is 2.02. The molecule has 0 amide bonds. The average Bonchev–Trinajstić information content (AvgIpc) is 2.26. The van der Waals surface area contributed by atoms with Gasteiger partial charge in [-0.15, -0.1) is 0 Å². The monoisotopic (exact) mass is 246 g/mol. The summed E-state index contributed by atoms with van der Waals surface area (Å²) in [5.41, 5.74) is 0. The summed E-state index contributed by atoms with van der Waals surface area (Å²) < 4.78 is 5.05. The van der Waals surface area contributed by atoms with Crippen molar-refractivity contribution in [1.29, 1.82) is 0 Å². The Hall–Kier alpha value is -0.650. The Balaban J connectivity index is 4.11. The Bertz CT molecular complexity index is 210. The summed E-state index contributed by atoms with van der Waals surface area (Å²) in [6.45, 7) is 9.10. The number of carbonyl (C=O) groups is 1. The van der Waals surface area contributed by atoms with Gasteiger partial charge in [0, 0.05) is 26.2 Å². The lowest BCUT2D eigenvalue weighted by atomic mass is 10.2. The fourth-order valence-electron chi connectivity index (χ4n) is 1.69. The van der Waals surface area contributed by atoms with Gasteiger partial charge < -0.3 is 15.2 Å². The Labute approximate surface area is 104 Å². The zero-order valence-corrected chi connectivity index (χ0v) is 11.4. The van der Waals surface area contributed by atoms with Gasteiger partial charge in [0.05, 0.1) is 6.61 Å². The third-order valence-electron chi connectivity index (χ3n) is 2.77. The predicted molar refractivity (Wildman–Crippen MR) is 68.3 cm³/mol. The van der Waals surface area contributed by atoms with Gasteiger partial charge in [0.2, 0.25) is 0 Å². The Morgan fingerprint density at radius 1 is 1.41 bits per heavy atom. The molecule has 0 rings (SSSR count). The van der Waals surface area contributed by atoms with Gasteiger partial charge in [-0.05, 0) is 26.8 Å². The lowest BCUT2D eigenvalue weighted by molar-refractivity contribution is -0.139. The molecule has 0 aliphatic heterocycles. The highest BCUT2D eigenvalue weighted by molar-refractivity contribution is 5.73. The zero-order valence-electron chi connectivity index (χ0n) is 11.4. The first-order valence-corrected chi connectivity index (χ1v) is 6.22. The Morgan fingerprint density at radius 3 is 2.47 bits per heavy atom. The second kappa shape index (κ2) is 9.39. The molecular formula is C12H26N2O3. The highest BCUT2D eigenvalue weighted by Gasteiger charge is 2.18. The molecule has 1 atom stereocenters. The summed E-state index contributed by atoms with van der Waals surface area (Å²) in [7, 11) is 1.68. The highest BCUT2D eigenvalue weighted by atomic mass is 16.5. The van der Waals surface area contributed by atoms with Crippen LogP contribution in [0.15, 0.2) is 0 Å². The van der Waals surface area contributed by atoms with E-state index >= 15 is 0 Å². The van der Waals surface area contributed by atoms with Crippen LogP contribution in [-0.2, 0) is 9.53 Å². The molecule has 0 aromatic rings. The quantitative estimate of drug-likeness (QED) is 0.597. The molecule has 0 aliphatic carbocycles. The molecule has 0 saturated carbocycles. The van der Waals surface area contributed by atoms with Crippen LogP contribution in [-0.4, -0.2) is 61.4 Å². The van der Waals surface area contributed by atoms with Gasteiger partial charge in [0.25, 0.3) is 0 Å². The van der Waals surface area contributed by atoms with Crippen molar-refractivity contribution < 1.29 is 14.6 Å². The number of aliphatic carboxylic acids is 1. The third-order valence-corrected chi connectivity index (χ3v) is 2.77. The standard InChI is InChI=1S/C12H26N2O3/c1-5-13-11(12(15)16)6-7-14(10(2)3)8-9-17-4/h10-11,13H,5-9H2,1-4H3,(H,15,16). The molecule has 17 heavy (non-hydrogen) atoms. The van der Waals surface area contributed by atoms with E-state index < -0.39 is 12.0 Å². The normalized spacial score (nSPS) is 13.3. The van der Waals surface area contributed by atoms with Crippen molar-refractivity contribution in [3.05, 3.63) is 0 Å². The number of ether oxygens (including phenoxy) is 1. The molecule has 0 spiro atoms. The minimum Gasteiger partial charge on any atom is -0.480 e. The van der Waals surface area contributed by atoms with Crippen LogP contribution in [0.5, 0.6) is 0 Å². The van der Waals surface area contributed by atoms with Crippen molar-refractivity contribution in [1.82, 2.24) is 10.2 Å². The largest absolute Gasteiger partial charge is 0.480 e. The Kier molecular flexibility index (Phi) is 9.03. The molecule has 1 unspecified atom stereocenters. The summed E-state index contributed by atoms with van der Waals surface area (Å²) >= 11 is 0. The van der Waals surface area contributed by atoms with E-state index in [1.54, 1.807) is 7.11 Å². The van der Waals surface area contributed by atoms with Crippen LogP contribution in [0.3, 0.4) is 0 Å². The molecule has 0 aromatic heterocycles. The summed E-state index contributed by atoms with van der Waals surface area (Å²) in [6, 6.07) is -0.0509.